The number of amides is 2. The predicted molar refractivity (Wildman–Crippen MR) is 104 cm³/mol. The van der Waals surface area contributed by atoms with E-state index in [-0.39, 0.29) is 36.5 Å². The molecule has 2 aromatic carbocycles. The number of hydrogen-bond donors (Lipinski definition) is 1. The summed E-state index contributed by atoms with van der Waals surface area (Å²) < 4.78 is 13.6. The molecule has 1 N–H and O–H groups in total. The highest BCUT2D eigenvalue weighted by Crippen LogP contribution is 2.41. The molecule has 2 amide bonds. The van der Waals surface area contributed by atoms with E-state index >= 15 is 0 Å². The van der Waals surface area contributed by atoms with E-state index < -0.39 is 22.3 Å². The van der Waals surface area contributed by atoms with Crippen molar-refractivity contribution < 1.29 is 18.9 Å². The van der Waals surface area contributed by atoms with Crippen molar-refractivity contribution in [2.24, 2.45) is 11.8 Å². The molecule has 2 atom stereocenters. The first-order valence-corrected chi connectivity index (χ1v) is 9.53. The molecule has 1 aliphatic heterocycles. The van der Waals surface area contributed by atoms with E-state index in [1.165, 1.54) is 11.0 Å². The summed E-state index contributed by atoms with van der Waals surface area (Å²) in [4.78, 5) is 36.7. The van der Waals surface area contributed by atoms with E-state index in [1.807, 2.05) is 30.3 Å². The predicted octanol–water partition coefficient (Wildman–Crippen LogP) is 3.35. The molecule has 0 radical (unpaired) electrons. The van der Waals surface area contributed by atoms with E-state index in [9.17, 15) is 24.1 Å². The van der Waals surface area contributed by atoms with Gasteiger partial charge in [-0.25, -0.2) is 0 Å². The lowest BCUT2D eigenvalue weighted by Gasteiger charge is -2.21. The first-order valence-electron chi connectivity index (χ1n) is 9.53. The number of rotatable bonds is 6. The zero-order valence-corrected chi connectivity index (χ0v) is 15.6. The van der Waals surface area contributed by atoms with Gasteiger partial charge in [0.15, 0.2) is 0 Å². The van der Waals surface area contributed by atoms with Crippen LogP contribution in [0.2, 0.25) is 0 Å². The average Bonchev–Trinajstić information content (AvgIpc) is 3.48. The van der Waals surface area contributed by atoms with Gasteiger partial charge in [0.2, 0.25) is 17.6 Å². The van der Waals surface area contributed by atoms with Crippen LogP contribution in [0.3, 0.4) is 0 Å². The molecule has 0 aromatic heterocycles. The Morgan fingerprint density at radius 2 is 1.93 bits per heavy atom. The Balaban J connectivity index is 1.48. The summed E-state index contributed by atoms with van der Waals surface area (Å²) in [6, 6.07) is 13.0. The molecule has 4 rings (SSSR count). The smallest absolute Gasteiger partial charge is 0.306 e. The number of hydrogen-bond acceptors (Lipinski definition) is 4. The SMILES string of the molecule is O=C(NC(c1ccccc1)C1CC1)C1CC(=O)N(c2ccc(F)c([N+](=O)[O-])c2)C1. The van der Waals surface area contributed by atoms with Crippen LogP contribution in [0.1, 0.15) is 30.9 Å². The van der Waals surface area contributed by atoms with Crippen LogP contribution in [0, 0.1) is 27.8 Å². The molecule has 2 fully saturated rings. The Hall–Kier alpha value is -3.29. The second-order valence-corrected chi connectivity index (χ2v) is 7.53. The minimum Gasteiger partial charge on any atom is -0.349 e. The number of nitro benzene ring substituents is 1. The van der Waals surface area contributed by atoms with Crippen molar-refractivity contribution in [3.05, 3.63) is 70.0 Å². The summed E-state index contributed by atoms with van der Waals surface area (Å²) in [7, 11) is 0. The van der Waals surface area contributed by atoms with Crippen LogP contribution in [-0.2, 0) is 9.59 Å². The van der Waals surface area contributed by atoms with Gasteiger partial charge in [-0.2, -0.15) is 4.39 Å². The molecule has 2 unspecified atom stereocenters. The van der Waals surface area contributed by atoms with Crippen LogP contribution >= 0.6 is 0 Å². The van der Waals surface area contributed by atoms with Crippen LogP contribution in [0.25, 0.3) is 0 Å². The molecule has 7 nitrogen and oxygen atoms in total. The fourth-order valence-electron chi connectivity index (χ4n) is 3.78. The van der Waals surface area contributed by atoms with Gasteiger partial charge in [-0.05, 0) is 36.5 Å². The van der Waals surface area contributed by atoms with Gasteiger partial charge in [-0.1, -0.05) is 30.3 Å². The molecule has 1 aliphatic carbocycles. The maximum atomic E-state index is 13.6. The normalized spacial score (nSPS) is 19.8. The molecule has 0 spiro atoms. The van der Waals surface area contributed by atoms with Crippen molar-refractivity contribution in [2.75, 3.05) is 11.4 Å². The molecule has 0 bridgehead atoms. The Labute approximate surface area is 166 Å². The average molecular weight is 397 g/mol. The van der Waals surface area contributed by atoms with Crippen molar-refractivity contribution >= 4 is 23.2 Å². The van der Waals surface area contributed by atoms with Gasteiger partial charge in [-0.3, -0.25) is 19.7 Å². The van der Waals surface area contributed by atoms with Gasteiger partial charge >= 0.3 is 5.69 Å². The maximum absolute atomic E-state index is 13.6. The molecule has 1 saturated heterocycles. The molecule has 2 aliphatic rings. The number of nitrogens with one attached hydrogen (secondary N) is 1. The number of anilines is 1. The second-order valence-electron chi connectivity index (χ2n) is 7.53. The van der Waals surface area contributed by atoms with Gasteiger partial charge < -0.3 is 10.2 Å². The minimum atomic E-state index is -0.963. The summed E-state index contributed by atoms with van der Waals surface area (Å²) in [6.45, 7) is 0.111. The largest absolute Gasteiger partial charge is 0.349 e. The molecule has 1 saturated carbocycles. The van der Waals surface area contributed by atoms with Crippen molar-refractivity contribution in [2.45, 2.75) is 25.3 Å². The molecule has 150 valence electrons. The Morgan fingerprint density at radius 1 is 1.21 bits per heavy atom. The lowest BCUT2D eigenvalue weighted by molar-refractivity contribution is -0.387. The summed E-state index contributed by atoms with van der Waals surface area (Å²) in [5, 5.41) is 14.0. The third-order valence-corrected chi connectivity index (χ3v) is 5.48. The zero-order chi connectivity index (χ0) is 20.5. The highest BCUT2D eigenvalue weighted by atomic mass is 19.1. The van der Waals surface area contributed by atoms with Gasteiger partial charge in [0, 0.05) is 19.0 Å². The number of carbonyl (C=O) groups excluding carboxylic acids is 2. The van der Waals surface area contributed by atoms with Crippen LogP contribution < -0.4 is 10.2 Å². The first-order chi connectivity index (χ1) is 13.9. The fourth-order valence-corrected chi connectivity index (χ4v) is 3.78. The summed E-state index contributed by atoms with van der Waals surface area (Å²) in [5.41, 5.74) is 0.569. The van der Waals surface area contributed by atoms with E-state index in [4.69, 9.17) is 0 Å². The van der Waals surface area contributed by atoms with Crippen LogP contribution in [0.4, 0.5) is 15.8 Å². The van der Waals surface area contributed by atoms with Crippen molar-refractivity contribution in [1.82, 2.24) is 5.32 Å². The lowest BCUT2D eigenvalue weighted by atomic mass is 10.0. The van der Waals surface area contributed by atoms with E-state index in [1.54, 1.807) is 0 Å². The van der Waals surface area contributed by atoms with Crippen LogP contribution in [-0.4, -0.2) is 23.3 Å². The Morgan fingerprint density at radius 3 is 2.59 bits per heavy atom. The summed E-state index contributed by atoms with van der Waals surface area (Å²) in [6.07, 6.45) is 2.12. The first kappa shape index (κ1) is 19.0. The third kappa shape index (κ3) is 3.96. The Bertz CT molecular complexity index is 962. The van der Waals surface area contributed by atoms with Crippen molar-refractivity contribution in [3.8, 4) is 0 Å². The lowest BCUT2D eigenvalue weighted by Crippen LogP contribution is -2.36. The van der Waals surface area contributed by atoms with E-state index in [0.29, 0.717) is 5.92 Å². The minimum absolute atomic E-state index is 0.0170. The van der Waals surface area contributed by atoms with E-state index in [0.717, 1.165) is 30.5 Å². The topological polar surface area (TPSA) is 92.6 Å². The summed E-state index contributed by atoms with van der Waals surface area (Å²) >= 11 is 0. The number of benzene rings is 2. The second kappa shape index (κ2) is 7.62. The molecule has 29 heavy (non-hydrogen) atoms. The van der Waals surface area contributed by atoms with Gasteiger partial charge in [0.05, 0.1) is 22.6 Å². The number of nitrogens with zero attached hydrogens (tertiary/aromatic N) is 2. The molecule has 8 heteroatoms. The fraction of sp³-hybridized carbons (Fsp3) is 0.333. The molecular formula is C21H20FN3O4. The monoisotopic (exact) mass is 397 g/mol. The highest BCUT2D eigenvalue weighted by Gasteiger charge is 2.39. The molecule has 1 heterocycles. The highest BCUT2D eigenvalue weighted by molar-refractivity contribution is 6.00. The molecule has 2 aromatic rings. The van der Waals surface area contributed by atoms with Gasteiger partial charge in [0.1, 0.15) is 0 Å². The quantitative estimate of drug-likeness (QED) is 0.598. The molecular weight excluding hydrogens is 377 g/mol. The van der Waals surface area contributed by atoms with Crippen molar-refractivity contribution in [3.63, 3.8) is 0 Å². The number of nitro groups is 1. The van der Waals surface area contributed by atoms with Crippen molar-refractivity contribution in [1.29, 1.82) is 0 Å². The number of carbonyl (C=O) groups is 2. The van der Waals surface area contributed by atoms with Crippen LogP contribution in [0.5, 0.6) is 0 Å². The zero-order valence-electron chi connectivity index (χ0n) is 15.6. The Kier molecular flexibility index (Phi) is 5.00. The third-order valence-electron chi connectivity index (χ3n) is 5.48. The van der Waals surface area contributed by atoms with Gasteiger partial charge in [-0.15, -0.1) is 0 Å². The standard InChI is InChI=1S/C21H20FN3O4/c22-17-9-8-16(11-18(17)25(28)29)24-12-15(10-19(24)26)21(27)23-20(14-6-7-14)13-4-2-1-3-5-13/h1-5,8-9,11,14-15,20H,6-7,10,12H2,(H,23,27). The van der Waals surface area contributed by atoms with E-state index in [2.05, 4.69) is 5.32 Å². The van der Waals surface area contributed by atoms with Crippen LogP contribution in [0.15, 0.2) is 48.5 Å². The van der Waals surface area contributed by atoms with Gasteiger partial charge in [0.25, 0.3) is 0 Å². The maximum Gasteiger partial charge on any atom is 0.306 e. The number of halogens is 1. The summed E-state index contributed by atoms with van der Waals surface area (Å²) in [5.74, 6) is -1.65.